The fourth-order valence-corrected chi connectivity index (χ4v) is 3.65. The van der Waals surface area contributed by atoms with Crippen LogP contribution in [0.4, 0.5) is 4.39 Å². The van der Waals surface area contributed by atoms with Crippen molar-refractivity contribution in [3.05, 3.63) is 52.9 Å². The number of halogens is 1. The van der Waals surface area contributed by atoms with E-state index in [-0.39, 0.29) is 15.0 Å². The number of hydrogen-bond donors (Lipinski definition) is 1. The Morgan fingerprint density at radius 2 is 2.00 bits per heavy atom. The quantitative estimate of drug-likeness (QED) is 0.646. The van der Waals surface area contributed by atoms with Crippen LogP contribution in [0.3, 0.4) is 0 Å². The molecule has 0 saturated carbocycles. The predicted molar refractivity (Wildman–Crippen MR) is 96.2 cm³/mol. The lowest BCUT2D eigenvalue weighted by Crippen LogP contribution is -2.41. The van der Waals surface area contributed by atoms with E-state index >= 15 is 0 Å². The maximum atomic E-state index is 13.0. The molecule has 1 aromatic carbocycles. The van der Waals surface area contributed by atoms with Gasteiger partial charge in [0, 0.05) is 11.6 Å². The molecule has 1 fully saturated rings. The molecule has 1 aliphatic heterocycles. The van der Waals surface area contributed by atoms with Gasteiger partial charge in [0.15, 0.2) is 0 Å². The summed E-state index contributed by atoms with van der Waals surface area (Å²) >= 11 is 6.12. The Balaban J connectivity index is 1.84. The number of furan rings is 1. The summed E-state index contributed by atoms with van der Waals surface area (Å²) < 4.78 is 18.8. The SMILES string of the molecule is CC(C(=O)O)N1C(=O)/C(=C/c2ccc(-c3ccc(F)cc3)o2)SC1=S. The van der Waals surface area contributed by atoms with Crippen LogP contribution in [0.25, 0.3) is 17.4 Å². The Hall–Kier alpha value is -2.45. The number of rotatable bonds is 4. The molecule has 2 aromatic rings. The van der Waals surface area contributed by atoms with Crippen molar-refractivity contribution in [1.29, 1.82) is 0 Å². The minimum absolute atomic E-state index is 0.191. The van der Waals surface area contributed by atoms with Crippen LogP contribution in [0.2, 0.25) is 0 Å². The highest BCUT2D eigenvalue weighted by molar-refractivity contribution is 8.26. The third-order valence-electron chi connectivity index (χ3n) is 3.60. The van der Waals surface area contributed by atoms with E-state index in [0.717, 1.165) is 16.7 Å². The molecule has 3 rings (SSSR count). The molecular formula is C17H12FNO4S2. The van der Waals surface area contributed by atoms with Gasteiger partial charge in [0.05, 0.1) is 4.91 Å². The summed E-state index contributed by atoms with van der Waals surface area (Å²) in [5.74, 6) is -0.992. The summed E-state index contributed by atoms with van der Waals surface area (Å²) in [5, 5.41) is 9.08. The van der Waals surface area contributed by atoms with Gasteiger partial charge in [-0.05, 0) is 43.3 Å². The van der Waals surface area contributed by atoms with E-state index in [1.165, 1.54) is 25.1 Å². The summed E-state index contributed by atoms with van der Waals surface area (Å²) in [6.45, 7) is 1.40. The standard InChI is InChI=1S/C17H12FNO4S2/c1-9(16(21)22)19-15(20)14(25-17(19)24)8-12-6-7-13(23-12)10-2-4-11(18)5-3-10/h2-9H,1H3,(H,21,22)/b14-8-. The molecule has 1 atom stereocenters. The number of carbonyl (C=O) groups excluding carboxylic acids is 1. The largest absolute Gasteiger partial charge is 0.480 e. The van der Waals surface area contributed by atoms with Crippen molar-refractivity contribution < 1.29 is 23.5 Å². The number of thiocarbonyl (C=S) groups is 1. The second-order valence-electron chi connectivity index (χ2n) is 5.27. The number of amides is 1. The zero-order valence-electron chi connectivity index (χ0n) is 12.9. The van der Waals surface area contributed by atoms with E-state index in [1.54, 1.807) is 24.3 Å². The first-order valence-electron chi connectivity index (χ1n) is 7.22. The lowest BCUT2D eigenvalue weighted by Gasteiger charge is -2.18. The average Bonchev–Trinajstić information content (AvgIpc) is 3.13. The van der Waals surface area contributed by atoms with Crippen molar-refractivity contribution in [2.24, 2.45) is 0 Å². The van der Waals surface area contributed by atoms with Crippen LogP contribution in [-0.2, 0) is 9.59 Å². The summed E-state index contributed by atoms with van der Waals surface area (Å²) in [4.78, 5) is 24.8. The molecule has 1 amide bonds. The zero-order valence-corrected chi connectivity index (χ0v) is 14.6. The van der Waals surface area contributed by atoms with E-state index in [2.05, 4.69) is 0 Å². The van der Waals surface area contributed by atoms with Gasteiger partial charge in [-0.15, -0.1) is 0 Å². The first-order valence-corrected chi connectivity index (χ1v) is 8.45. The van der Waals surface area contributed by atoms with E-state index in [4.69, 9.17) is 21.7 Å². The summed E-state index contributed by atoms with van der Waals surface area (Å²) in [6.07, 6.45) is 1.51. The van der Waals surface area contributed by atoms with Gasteiger partial charge in [-0.2, -0.15) is 0 Å². The highest BCUT2D eigenvalue weighted by Gasteiger charge is 2.38. The van der Waals surface area contributed by atoms with Gasteiger partial charge in [0.25, 0.3) is 5.91 Å². The third-order valence-corrected chi connectivity index (χ3v) is 4.93. The van der Waals surface area contributed by atoms with Gasteiger partial charge >= 0.3 is 5.97 Å². The van der Waals surface area contributed by atoms with Gasteiger partial charge in [-0.1, -0.05) is 24.0 Å². The van der Waals surface area contributed by atoms with E-state index in [9.17, 15) is 14.0 Å². The molecule has 25 heavy (non-hydrogen) atoms. The van der Waals surface area contributed by atoms with Crippen LogP contribution in [0.1, 0.15) is 12.7 Å². The van der Waals surface area contributed by atoms with Gasteiger partial charge < -0.3 is 9.52 Å². The lowest BCUT2D eigenvalue weighted by atomic mass is 10.2. The first-order chi connectivity index (χ1) is 11.9. The molecule has 0 aliphatic carbocycles. The van der Waals surface area contributed by atoms with Gasteiger partial charge in [0.2, 0.25) is 0 Å². The normalized spacial score (nSPS) is 17.4. The molecule has 5 nitrogen and oxygen atoms in total. The Bertz CT molecular complexity index is 888. The van der Waals surface area contributed by atoms with Crippen LogP contribution in [-0.4, -0.2) is 32.2 Å². The number of carboxylic acid groups (broad SMARTS) is 1. The Labute approximate surface area is 152 Å². The molecular weight excluding hydrogens is 365 g/mol. The number of aliphatic carboxylic acids is 1. The van der Waals surface area contributed by atoms with Crippen LogP contribution < -0.4 is 0 Å². The Morgan fingerprint density at radius 3 is 2.64 bits per heavy atom. The van der Waals surface area contributed by atoms with Crippen LogP contribution in [0.5, 0.6) is 0 Å². The molecule has 1 N–H and O–H groups in total. The topological polar surface area (TPSA) is 70.8 Å². The van der Waals surface area contributed by atoms with Crippen LogP contribution in [0, 0.1) is 5.82 Å². The molecule has 2 heterocycles. The monoisotopic (exact) mass is 377 g/mol. The fraction of sp³-hybridized carbons (Fsp3) is 0.118. The highest BCUT2D eigenvalue weighted by Crippen LogP contribution is 2.34. The highest BCUT2D eigenvalue weighted by atomic mass is 32.2. The molecule has 1 saturated heterocycles. The predicted octanol–water partition coefficient (Wildman–Crippen LogP) is 3.76. The van der Waals surface area contributed by atoms with E-state index < -0.39 is 17.9 Å². The Morgan fingerprint density at radius 1 is 1.32 bits per heavy atom. The Kier molecular flexibility index (Phi) is 4.73. The minimum atomic E-state index is -1.13. The fourth-order valence-electron chi connectivity index (χ4n) is 2.25. The average molecular weight is 377 g/mol. The maximum Gasteiger partial charge on any atom is 0.326 e. The number of benzene rings is 1. The summed E-state index contributed by atoms with van der Waals surface area (Å²) in [6, 6.07) is 8.18. The van der Waals surface area contributed by atoms with Crippen LogP contribution in [0.15, 0.2) is 45.7 Å². The molecule has 1 aliphatic rings. The van der Waals surface area contributed by atoms with Crippen molar-refractivity contribution in [3.8, 4) is 11.3 Å². The number of carboxylic acids is 1. The van der Waals surface area contributed by atoms with Crippen LogP contribution >= 0.6 is 24.0 Å². The molecule has 1 unspecified atom stereocenters. The molecule has 0 bridgehead atoms. The van der Waals surface area contributed by atoms with E-state index in [1.807, 2.05) is 0 Å². The third kappa shape index (κ3) is 3.49. The molecule has 0 spiro atoms. The summed E-state index contributed by atoms with van der Waals surface area (Å²) in [5.41, 5.74) is 0.702. The smallest absolute Gasteiger partial charge is 0.326 e. The molecule has 8 heteroatoms. The zero-order chi connectivity index (χ0) is 18.1. The molecule has 1 aromatic heterocycles. The number of thioether (sulfide) groups is 1. The van der Waals surface area contributed by atoms with Gasteiger partial charge in [0.1, 0.15) is 27.7 Å². The first kappa shape index (κ1) is 17.4. The maximum absolute atomic E-state index is 13.0. The number of nitrogens with zero attached hydrogens (tertiary/aromatic N) is 1. The number of carbonyl (C=O) groups is 2. The van der Waals surface area contributed by atoms with Gasteiger partial charge in [-0.25, -0.2) is 9.18 Å². The number of hydrogen-bond acceptors (Lipinski definition) is 5. The van der Waals surface area contributed by atoms with Crippen molar-refractivity contribution in [2.45, 2.75) is 13.0 Å². The second-order valence-corrected chi connectivity index (χ2v) is 6.95. The second kappa shape index (κ2) is 6.81. The minimum Gasteiger partial charge on any atom is -0.480 e. The van der Waals surface area contributed by atoms with Gasteiger partial charge in [-0.3, -0.25) is 9.69 Å². The van der Waals surface area contributed by atoms with Crippen molar-refractivity contribution >= 4 is 46.3 Å². The molecule has 0 radical (unpaired) electrons. The van der Waals surface area contributed by atoms with Crippen molar-refractivity contribution in [3.63, 3.8) is 0 Å². The lowest BCUT2D eigenvalue weighted by molar-refractivity contribution is -0.144. The van der Waals surface area contributed by atoms with Crippen molar-refractivity contribution in [1.82, 2.24) is 4.90 Å². The van der Waals surface area contributed by atoms with E-state index in [0.29, 0.717) is 17.1 Å². The van der Waals surface area contributed by atoms with Crippen molar-refractivity contribution in [2.75, 3.05) is 0 Å². The molecule has 128 valence electrons. The summed E-state index contributed by atoms with van der Waals surface area (Å²) in [7, 11) is 0.